The van der Waals surface area contributed by atoms with Crippen LogP contribution >= 0.6 is 0 Å². The van der Waals surface area contributed by atoms with E-state index in [0.717, 1.165) is 16.7 Å². The summed E-state index contributed by atoms with van der Waals surface area (Å²) >= 11 is 0. The van der Waals surface area contributed by atoms with Gasteiger partial charge in [0.15, 0.2) is 5.43 Å². The van der Waals surface area contributed by atoms with Gasteiger partial charge in [0, 0.05) is 30.3 Å². The Labute approximate surface area is 214 Å². The summed E-state index contributed by atoms with van der Waals surface area (Å²) in [5.74, 6) is -0.469. The van der Waals surface area contributed by atoms with Crippen LogP contribution in [0.1, 0.15) is 65.0 Å². The van der Waals surface area contributed by atoms with Crippen LogP contribution in [-0.2, 0) is 4.74 Å². The van der Waals surface area contributed by atoms with Crippen LogP contribution in [0.5, 0.6) is 0 Å². The van der Waals surface area contributed by atoms with Crippen molar-refractivity contribution in [3.63, 3.8) is 0 Å². The van der Waals surface area contributed by atoms with Crippen LogP contribution in [0.4, 0.5) is 10.5 Å². The van der Waals surface area contributed by atoms with Gasteiger partial charge in [-0.2, -0.15) is 0 Å². The lowest BCUT2D eigenvalue weighted by Crippen LogP contribution is -2.35. The van der Waals surface area contributed by atoms with E-state index in [-0.39, 0.29) is 23.1 Å². The lowest BCUT2D eigenvalue weighted by atomic mass is 9.84. The van der Waals surface area contributed by atoms with E-state index in [1.54, 1.807) is 43.1 Å². The van der Waals surface area contributed by atoms with E-state index in [0.29, 0.717) is 53.8 Å². The average molecular weight is 503 g/mol. The summed E-state index contributed by atoms with van der Waals surface area (Å²) < 4.78 is 12.1. The van der Waals surface area contributed by atoms with Gasteiger partial charge in [-0.1, -0.05) is 24.3 Å². The van der Waals surface area contributed by atoms with Gasteiger partial charge in [-0.15, -0.1) is 0 Å². The second kappa shape index (κ2) is 9.10. The highest BCUT2D eigenvalue weighted by atomic mass is 16.6. The lowest BCUT2D eigenvalue weighted by Gasteiger charge is -2.30. The zero-order valence-corrected chi connectivity index (χ0v) is 21.4. The molecule has 2 aromatic carbocycles. The predicted molar refractivity (Wildman–Crippen MR) is 141 cm³/mol. The normalized spacial score (nSPS) is 20.2. The molecular formula is C29H30N2O6. The SMILES string of the molecule is Cc1cc([C@@H](C)Nc2ccccc2C(=O)O)c2oc(C3=CC[C@@]4(CC3)CN(C)C(=O)O4)c(C)c(=O)c2c1. The highest BCUT2D eigenvalue weighted by Gasteiger charge is 2.44. The maximum absolute atomic E-state index is 13.5. The monoisotopic (exact) mass is 502 g/mol. The van der Waals surface area contributed by atoms with Gasteiger partial charge < -0.3 is 24.5 Å². The van der Waals surface area contributed by atoms with Crippen LogP contribution < -0.4 is 10.7 Å². The number of carboxylic acids is 1. The van der Waals surface area contributed by atoms with Crippen LogP contribution in [0, 0.1) is 13.8 Å². The second-order valence-corrected chi connectivity index (χ2v) is 10.2. The Kier molecular flexibility index (Phi) is 6.06. The number of aromatic carboxylic acids is 1. The van der Waals surface area contributed by atoms with Crippen molar-refractivity contribution in [2.45, 2.75) is 51.7 Å². The summed E-state index contributed by atoms with van der Waals surface area (Å²) in [5.41, 5.74) is 3.68. The zero-order chi connectivity index (χ0) is 26.5. The number of likely N-dealkylation sites (N-methyl/N-ethyl adjacent to an activating group) is 1. The number of hydrogen-bond acceptors (Lipinski definition) is 6. The highest BCUT2D eigenvalue weighted by molar-refractivity contribution is 5.94. The first-order valence-electron chi connectivity index (χ1n) is 12.4. The molecule has 0 bridgehead atoms. The molecule has 2 atom stereocenters. The van der Waals surface area contributed by atoms with Gasteiger partial charge in [-0.05, 0) is 62.9 Å². The number of fused-ring (bicyclic) bond motifs is 1. The Hall–Kier alpha value is -4.07. The molecule has 2 N–H and O–H groups in total. The summed E-state index contributed by atoms with van der Waals surface area (Å²) in [5, 5.41) is 13.4. The van der Waals surface area contributed by atoms with Crippen LogP contribution in [0.2, 0.25) is 0 Å². The fourth-order valence-corrected chi connectivity index (χ4v) is 5.41. The molecule has 0 saturated carbocycles. The Morgan fingerprint density at radius 3 is 2.59 bits per heavy atom. The van der Waals surface area contributed by atoms with E-state index in [9.17, 15) is 19.5 Å². The Bertz CT molecular complexity index is 1520. The van der Waals surface area contributed by atoms with E-state index >= 15 is 0 Å². The average Bonchev–Trinajstić information content (AvgIpc) is 3.14. The van der Waals surface area contributed by atoms with Gasteiger partial charge in [-0.3, -0.25) is 4.79 Å². The predicted octanol–water partition coefficient (Wildman–Crippen LogP) is 5.67. The number of amides is 1. The van der Waals surface area contributed by atoms with Gasteiger partial charge in [-0.25, -0.2) is 9.59 Å². The van der Waals surface area contributed by atoms with Crippen LogP contribution in [-0.4, -0.2) is 41.3 Å². The topological polar surface area (TPSA) is 109 Å². The number of hydrogen-bond donors (Lipinski definition) is 2. The van der Waals surface area contributed by atoms with Crippen molar-refractivity contribution in [2.24, 2.45) is 0 Å². The maximum Gasteiger partial charge on any atom is 0.410 e. The van der Waals surface area contributed by atoms with Gasteiger partial charge in [0.05, 0.1) is 23.5 Å². The number of para-hydroxylation sites is 1. The molecule has 8 heteroatoms. The number of nitrogens with zero attached hydrogens (tertiary/aromatic N) is 1. The Morgan fingerprint density at radius 1 is 1.19 bits per heavy atom. The van der Waals surface area contributed by atoms with Gasteiger partial charge in [0.25, 0.3) is 0 Å². The molecule has 1 aliphatic carbocycles. The summed E-state index contributed by atoms with van der Waals surface area (Å²) in [6.07, 6.45) is 3.55. The summed E-state index contributed by atoms with van der Waals surface area (Å²) in [4.78, 5) is 38.7. The van der Waals surface area contributed by atoms with E-state index < -0.39 is 11.6 Å². The van der Waals surface area contributed by atoms with Crippen molar-refractivity contribution < 1.29 is 23.8 Å². The largest absolute Gasteiger partial charge is 0.478 e. The first kappa shape index (κ1) is 24.6. The number of allylic oxidation sites excluding steroid dienone is 1. The number of ether oxygens (including phenoxy) is 1. The maximum atomic E-state index is 13.5. The lowest BCUT2D eigenvalue weighted by molar-refractivity contribution is 0.0504. The minimum absolute atomic E-state index is 0.0902. The molecule has 2 heterocycles. The summed E-state index contributed by atoms with van der Waals surface area (Å²) in [6.45, 7) is 6.16. The Balaban J connectivity index is 1.56. The molecule has 5 rings (SSSR count). The standard InChI is InChI=1S/C29H30N2O6/c1-16-13-21(18(3)30-23-8-6-5-7-20(23)27(33)34)26-22(14-16)24(32)17(2)25(36-26)19-9-11-29(12-10-19)15-31(4)28(35)37-29/h5-9,13-14,18,30H,10-12,15H2,1-4H3,(H,33,34)/t18-,29-/m1/s1. The second-order valence-electron chi connectivity index (χ2n) is 10.2. The van der Waals surface area contributed by atoms with Crippen LogP contribution in [0.25, 0.3) is 16.5 Å². The molecule has 3 aromatic rings. The minimum Gasteiger partial charge on any atom is -0.478 e. The number of carboxylic acid groups (broad SMARTS) is 1. The van der Waals surface area contributed by atoms with Crippen LogP contribution in [0.3, 0.4) is 0 Å². The van der Waals surface area contributed by atoms with E-state index in [2.05, 4.69) is 5.32 Å². The van der Waals surface area contributed by atoms with E-state index in [4.69, 9.17) is 9.15 Å². The third-order valence-electron chi connectivity index (χ3n) is 7.39. The molecule has 1 fully saturated rings. The molecule has 1 aromatic heterocycles. The van der Waals surface area contributed by atoms with Crippen molar-refractivity contribution in [3.8, 4) is 0 Å². The summed E-state index contributed by atoms with van der Waals surface area (Å²) in [7, 11) is 1.73. The fourth-order valence-electron chi connectivity index (χ4n) is 5.41. The van der Waals surface area contributed by atoms with Gasteiger partial charge in [0.2, 0.25) is 0 Å². The Morgan fingerprint density at radius 2 is 1.95 bits per heavy atom. The molecule has 0 unspecified atom stereocenters. The molecule has 8 nitrogen and oxygen atoms in total. The molecule has 1 spiro atoms. The van der Waals surface area contributed by atoms with Crippen molar-refractivity contribution in [1.29, 1.82) is 0 Å². The first-order valence-corrected chi connectivity index (χ1v) is 12.4. The number of anilines is 1. The first-order chi connectivity index (χ1) is 17.6. The van der Waals surface area contributed by atoms with Crippen molar-refractivity contribution in [1.82, 2.24) is 4.90 Å². The molecule has 0 radical (unpaired) electrons. The van der Waals surface area contributed by atoms with Crippen molar-refractivity contribution in [2.75, 3.05) is 18.9 Å². The quantitative estimate of drug-likeness (QED) is 0.463. The zero-order valence-electron chi connectivity index (χ0n) is 21.4. The summed E-state index contributed by atoms with van der Waals surface area (Å²) in [6, 6.07) is 10.2. The van der Waals surface area contributed by atoms with Gasteiger partial charge >= 0.3 is 12.1 Å². The van der Waals surface area contributed by atoms with Crippen LogP contribution in [0.15, 0.2) is 51.7 Å². The molecule has 1 aliphatic heterocycles. The number of nitrogens with one attached hydrogen (secondary N) is 1. The number of rotatable bonds is 5. The number of carbonyl (C=O) groups is 2. The molecule has 37 heavy (non-hydrogen) atoms. The van der Waals surface area contributed by atoms with E-state index in [1.807, 2.05) is 32.1 Å². The van der Waals surface area contributed by atoms with Crippen molar-refractivity contribution >= 4 is 34.3 Å². The number of aryl methyl sites for hydroxylation is 1. The third kappa shape index (κ3) is 4.37. The van der Waals surface area contributed by atoms with Gasteiger partial charge in [0.1, 0.15) is 16.9 Å². The highest BCUT2D eigenvalue weighted by Crippen LogP contribution is 2.40. The molecular weight excluding hydrogens is 472 g/mol. The molecule has 1 amide bonds. The van der Waals surface area contributed by atoms with Crippen molar-refractivity contribution in [3.05, 3.63) is 80.7 Å². The number of carbonyl (C=O) groups excluding carboxylic acids is 1. The smallest absolute Gasteiger partial charge is 0.410 e. The molecule has 1 saturated heterocycles. The minimum atomic E-state index is -1.02. The molecule has 192 valence electrons. The molecule has 2 aliphatic rings. The van der Waals surface area contributed by atoms with E-state index in [1.165, 1.54) is 0 Å². The fraction of sp³-hybridized carbons (Fsp3) is 0.345. The number of benzene rings is 2. The third-order valence-corrected chi connectivity index (χ3v) is 7.39.